The van der Waals surface area contributed by atoms with Gasteiger partial charge in [-0.15, -0.1) is 0 Å². The van der Waals surface area contributed by atoms with E-state index in [1.165, 1.54) is 0 Å². The van der Waals surface area contributed by atoms with Gasteiger partial charge in [-0.05, 0) is 39.0 Å². The monoisotopic (exact) mass is 346 g/mol. The Morgan fingerprint density at radius 1 is 1.42 bits per heavy atom. The van der Waals surface area contributed by atoms with E-state index in [4.69, 9.17) is 5.73 Å². The Hall–Kier alpha value is -0.880. The molecule has 0 saturated carbocycles. The van der Waals surface area contributed by atoms with Crippen LogP contribution in [0.4, 0.5) is 5.69 Å². The second kappa shape index (κ2) is 7.05. The van der Waals surface area contributed by atoms with Crippen LogP contribution in [-0.2, 0) is 15.6 Å². The molecule has 4 nitrogen and oxygen atoms in total. The molecule has 2 unspecified atom stereocenters. The van der Waals surface area contributed by atoms with Gasteiger partial charge in [0.1, 0.15) is 5.25 Å². The summed E-state index contributed by atoms with van der Waals surface area (Å²) in [4.78, 5) is 14.4. The summed E-state index contributed by atoms with van der Waals surface area (Å²) in [6.45, 7) is 6.73. The fraction of sp³-hybridized carbons (Fsp3) is 0.462. The van der Waals surface area contributed by atoms with E-state index in [9.17, 15) is 9.00 Å². The van der Waals surface area contributed by atoms with Gasteiger partial charge in [-0.1, -0.05) is 15.9 Å². The van der Waals surface area contributed by atoms with Crippen LogP contribution in [-0.4, -0.2) is 33.4 Å². The lowest BCUT2D eigenvalue weighted by atomic mass is 10.3. The Kier molecular flexibility index (Phi) is 6.00. The number of nitrogens with two attached hydrogens (primary N) is 1. The molecule has 0 saturated heterocycles. The van der Waals surface area contributed by atoms with Crippen molar-refractivity contribution in [3.63, 3.8) is 0 Å². The van der Waals surface area contributed by atoms with Gasteiger partial charge in [-0.2, -0.15) is 0 Å². The third-order valence-corrected chi connectivity index (χ3v) is 5.07. The molecule has 19 heavy (non-hydrogen) atoms. The Bertz CT molecular complexity index is 490. The number of carbonyl (C=O) groups is 1. The molecule has 0 fully saturated rings. The number of benzene rings is 1. The van der Waals surface area contributed by atoms with Crippen molar-refractivity contribution < 1.29 is 9.00 Å². The molecule has 2 atom stereocenters. The third kappa shape index (κ3) is 3.79. The standard InChI is InChI=1S/C13H19BrN2O2S/c1-4-16(5-2)13(17)9(3)19(18)12-7-6-10(14)8-11(12)15/h6-9H,4-5,15H2,1-3H3. The van der Waals surface area contributed by atoms with Crippen molar-refractivity contribution in [1.82, 2.24) is 4.90 Å². The largest absolute Gasteiger partial charge is 0.398 e. The molecular formula is C13H19BrN2O2S. The highest BCUT2D eigenvalue weighted by molar-refractivity contribution is 9.10. The number of hydrogen-bond donors (Lipinski definition) is 1. The maximum absolute atomic E-state index is 12.4. The molecule has 1 rings (SSSR count). The molecule has 1 aromatic carbocycles. The maximum Gasteiger partial charge on any atom is 0.238 e. The Morgan fingerprint density at radius 2 is 2.00 bits per heavy atom. The van der Waals surface area contributed by atoms with Crippen LogP contribution >= 0.6 is 15.9 Å². The van der Waals surface area contributed by atoms with Gasteiger partial charge < -0.3 is 10.6 Å². The molecule has 0 spiro atoms. The first kappa shape index (κ1) is 16.2. The van der Waals surface area contributed by atoms with Crippen molar-refractivity contribution in [2.45, 2.75) is 30.9 Å². The molecule has 0 aliphatic rings. The second-order valence-corrected chi connectivity index (χ2v) is 6.79. The quantitative estimate of drug-likeness (QED) is 0.832. The van der Waals surface area contributed by atoms with Gasteiger partial charge in [0.2, 0.25) is 5.91 Å². The number of anilines is 1. The van der Waals surface area contributed by atoms with Gasteiger partial charge in [-0.25, -0.2) is 0 Å². The number of halogens is 1. The normalized spacial score (nSPS) is 13.9. The number of nitrogen functional groups attached to an aromatic ring is 1. The van der Waals surface area contributed by atoms with E-state index in [0.29, 0.717) is 23.7 Å². The number of carbonyl (C=O) groups excluding carboxylic acids is 1. The topological polar surface area (TPSA) is 63.4 Å². The van der Waals surface area contributed by atoms with E-state index in [2.05, 4.69) is 15.9 Å². The highest BCUT2D eigenvalue weighted by Gasteiger charge is 2.26. The van der Waals surface area contributed by atoms with Crippen molar-refractivity contribution in [2.24, 2.45) is 0 Å². The molecule has 0 bridgehead atoms. The molecule has 0 aliphatic heterocycles. The van der Waals surface area contributed by atoms with E-state index in [0.717, 1.165) is 4.47 Å². The van der Waals surface area contributed by atoms with Crippen LogP contribution < -0.4 is 5.73 Å². The van der Waals surface area contributed by atoms with Crippen molar-refractivity contribution in [3.8, 4) is 0 Å². The van der Waals surface area contributed by atoms with Crippen molar-refractivity contribution in [3.05, 3.63) is 22.7 Å². The van der Waals surface area contributed by atoms with Gasteiger partial charge >= 0.3 is 0 Å². The van der Waals surface area contributed by atoms with Crippen LogP contribution in [0.2, 0.25) is 0 Å². The van der Waals surface area contributed by atoms with Crippen molar-refractivity contribution >= 4 is 38.3 Å². The summed E-state index contributed by atoms with van der Waals surface area (Å²) in [6.07, 6.45) is 0. The summed E-state index contributed by atoms with van der Waals surface area (Å²) in [6, 6.07) is 5.17. The Labute approximate surface area is 124 Å². The van der Waals surface area contributed by atoms with E-state index >= 15 is 0 Å². The molecule has 0 radical (unpaired) electrons. The summed E-state index contributed by atoms with van der Waals surface area (Å²) in [7, 11) is -1.44. The maximum atomic E-state index is 12.4. The fourth-order valence-corrected chi connectivity index (χ4v) is 3.36. The molecule has 2 N–H and O–H groups in total. The van der Waals surface area contributed by atoms with E-state index in [1.807, 2.05) is 13.8 Å². The zero-order valence-corrected chi connectivity index (χ0v) is 13.8. The summed E-state index contributed by atoms with van der Waals surface area (Å²) < 4.78 is 13.3. The molecule has 0 heterocycles. The molecule has 106 valence electrons. The predicted octanol–water partition coefficient (Wildman–Crippen LogP) is 2.40. The van der Waals surface area contributed by atoms with Crippen LogP contribution in [0, 0.1) is 0 Å². The molecule has 1 amide bonds. The Balaban J connectivity index is 2.96. The summed E-state index contributed by atoms with van der Waals surface area (Å²) in [5.74, 6) is -0.106. The molecule has 1 aromatic rings. The van der Waals surface area contributed by atoms with Crippen molar-refractivity contribution in [1.29, 1.82) is 0 Å². The predicted molar refractivity (Wildman–Crippen MR) is 82.4 cm³/mol. The van der Waals surface area contributed by atoms with Gasteiger partial charge in [0.05, 0.1) is 15.7 Å². The molecule has 0 aromatic heterocycles. The van der Waals surface area contributed by atoms with Crippen LogP contribution in [0.3, 0.4) is 0 Å². The van der Waals surface area contributed by atoms with Gasteiger partial charge in [0.25, 0.3) is 0 Å². The second-order valence-electron chi connectivity index (χ2n) is 4.13. The molecule has 6 heteroatoms. The number of amides is 1. The SMILES string of the molecule is CCN(CC)C(=O)C(C)S(=O)c1ccc(Br)cc1N. The van der Waals surface area contributed by atoms with Gasteiger partial charge in [0.15, 0.2) is 0 Å². The fourth-order valence-electron chi connectivity index (χ4n) is 1.78. The number of nitrogens with zero attached hydrogens (tertiary/aromatic N) is 1. The van der Waals surface area contributed by atoms with E-state index in [-0.39, 0.29) is 5.91 Å². The minimum Gasteiger partial charge on any atom is -0.398 e. The zero-order valence-electron chi connectivity index (χ0n) is 11.4. The third-order valence-electron chi connectivity index (χ3n) is 2.93. The van der Waals surface area contributed by atoms with Crippen LogP contribution in [0.1, 0.15) is 20.8 Å². The zero-order chi connectivity index (χ0) is 14.6. The first-order chi connectivity index (χ1) is 8.92. The minimum absolute atomic E-state index is 0.106. The summed E-state index contributed by atoms with van der Waals surface area (Å²) in [5, 5.41) is -0.594. The first-order valence-electron chi connectivity index (χ1n) is 6.16. The Morgan fingerprint density at radius 3 is 2.47 bits per heavy atom. The average Bonchev–Trinajstić information content (AvgIpc) is 2.38. The van der Waals surface area contributed by atoms with Crippen molar-refractivity contribution in [2.75, 3.05) is 18.8 Å². The summed E-state index contributed by atoms with van der Waals surface area (Å²) >= 11 is 3.30. The lowest BCUT2D eigenvalue weighted by Gasteiger charge is -2.22. The number of hydrogen-bond acceptors (Lipinski definition) is 3. The van der Waals surface area contributed by atoms with E-state index < -0.39 is 16.0 Å². The van der Waals surface area contributed by atoms with Crippen LogP contribution in [0.25, 0.3) is 0 Å². The van der Waals surface area contributed by atoms with E-state index in [1.54, 1.807) is 30.0 Å². The highest BCUT2D eigenvalue weighted by Crippen LogP contribution is 2.24. The van der Waals surface area contributed by atoms with Crippen LogP contribution in [0.5, 0.6) is 0 Å². The minimum atomic E-state index is -1.44. The lowest BCUT2D eigenvalue weighted by molar-refractivity contribution is -0.129. The van der Waals surface area contributed by atoms with Crippen LogP contribution in [0.15, 0.2) is 27.6 Å². The molecule has 0 aliphatic carbocycles. The molecular weight excluding hydrogens is 328 g/mol. The van der Waals surface area contributed by atoms with Gasteiger partial charge in [0, 0.05) is 23.2 Å². The lowest BCUT2D eigenvalue weighted by Crippen LogP contribution is -2.39. The average molecular weight is 347 g/mol. The highest BCUT2D eigenvalue weighted by atomic mass is 79.9. The number of rotatable bonds is 5. The smallest absolute Gasteiger partial charge is 0.238 e. The first-order valence-corrected chi connectivity index (χ1v) is 8.17. The van der Waals surface area contributed by atoms with Gasteiger partial charge in [-0.3, -0.25) is 9.00 Å². The summed E-state index contributed by atoms with van der Waals surface area (Å²) in [5.41, 5.74) is 6.29.